The minimum Gasteiger partial charge on any atom is -0.444 e. The van der Waals surface area contributed by atoms with Gasteiger partial charge in [-0.05, 0) is 26.3 Å². The van der Waals surface area contributed by atoms with Crippen LogP contribution in [-0.4, -0.2) is 54.2 Å². The van der Waals surface area contributed by atoms with E-state index in [4.69, 9.17) is 10.5 Å². The molecule has 2 rings (SSSR count). The van der Waals surface area contributed by atoms with Gasteiger partial charge in [-0.2, -0.15) is 0 Å². The summed E-state index contributed by atoms with van der Waals surface area (Å²) in [6.07, 6.45) is -0.223. The Bertz CT molecular complexity index is 476. The number of nitrogens with zero attached hydrogens (tertiary/aromatic N) is 2. The van der Waals surface area contributed by atoms with Gasteiger partial charge in [0.25, 0.3) is 0 Å². The van der Waals surface area contributed by atoms with Crippen LogP contribution in [0.3, 0.4) is 0 Å². The Kier molecular flexibility index (Phi) is 5.42. The monoisotopic (exact) mass is 305 g/mol. The van der Waals surface area contributed by atoms with Crippen molar-refractivity contribution >= 4 is 6.09 Å². The van der Waals surface area contributed by atoms with Crippen molar-refractivity contribution in [3.05, 3.63) is 35.9 Å². The third-order valence-electron chi connectivity index (χ3n) is 3.71. The quantitative estimate of drug-likeness (QED) is 0.930. The summed E-state index contributed by atoms with van der Waals surface area (Å²) in [5, 5.41) is 0. The second-order valence-corrected chi connectivity index (χ2v) is 6.79. The van der Waals surface area contributed by atoms with Gasteiger partial charge in [-0.1, -0.05) is 30.3 Å². The van der Waals surface area contributed by atoms with Crippen molar-refractivity contribution in [3.63, 3.8) is 0 Å². The van der Waals surface area contributed by atoms with Crippen LogP contribution in [0.25, 0.3) is 0 Å². The van der Waals surface area contributed by atoms with Gasteiger partial charge in [-0.3, -0.25) is 4.90 Å². The standard InChI is InChI=1S/C17H27N3O2/c1-17(2,3)22-16(21)20-11-9-19(10-12-20)13-15(18)14-7-5-4-6-8-14/h4-8,15H,9-13,18H2,1-3H3/t15-/m0/s1. The van der Waals surface area contributed by atoms with E-state index in [-0.39, 0.29) is 12.1 Å². The van der Waals surface area contributed by atoms with E-state index in [1.54, 1.807) is 4.90 Å². The van der Waals surface area contributed by atoms with E-state index in [0.29, 0.717) is 13.1 Å². The number of hydrogen-bond acceptors (Lipinski definition) is 4. The van der Waals surface area contributed by atoms with Crippen LogP contribution in [0.1, 0.15) is 32.4 Å². The van der Waals surface area contributed by atoms with Gasteiger partial charge in [0.15, 0.2) is 0 Å². The van der Waals surface area contributed by atoms with E-state index < -0.39 is 5.60 Å². The molecule has 1 aliphatic rings. The second-order valence-electron chi connectivity index (χ2n) is 6.79. The van der Waals surface area contributed by atoms with Gasteiger partial charge in [0, 0.05) is 38.8 Å². The molecule has 0 radical (unpaired) electrons. The minimum absolute atomic E-state index is 0.00859. The first kappa shape index (κ1) is 16.8. The SMILES string of the molecule is CC(C)(C)OC(=O)N1CCN(C[C@H](N)c2ccccc2)CC1. The number of ether oxygens (including phenoxy) is 1. The third-order valence-corrected chi connectivity index (χ3v) is 3.71. The fourth-order valence-electron chi connectivity index (χ4n) is 2.52. The predicted octanol–water partition coefficient (Wildman–Crippen LogP) is 2.24. The van der Waals surface area contributed by atoms with Crippen molar-refractivity contribution in [2.75, 3.05) is 32.7 Å². The summed E-state index contributed by atoms with van der Waals surface area (Å²) in [4.78, 5) is 16.1. The number of carbonyl (C=O) groups is 1. The fourth-order valence-corrected chi connectivity index (χ4v) is 2.52. The first-order valence-electron chi connectivity index (χ1n) is 7.86. The Morgan fingerprint density at radius 3 is 2.32 bits per heavy atom. The molecule has 1 amide bonds. The van der Waals surface area contributed by atoms with E-state index >= 15 is 0 Å². The van der Waals surface area contributed by atoms with Crippen LogP contribution in [0, 0.1) is 0 Å². The number of benzene rings is 1. The van der Waals surface area contributed by atoms with E-state index in [0.717, 1.165) is 25.2 Å². The first-order valence-corrected chi connectivity index (χ1v) is 7.86. The normalized spacial score (nSPS) is 18.1. The van der Waals surface area contributed by atoms with E-state index in [1.807, 2.05) is 39.0 Å². The van der Waals surface area contributed by atoms with Gasteiger partial charge in [-0.15, -0.1) is 0 Å². The van der Waals surface area contributed by atoms with Gasteiger partial charge in [0.2, 0.25) is 0 Å². The smallest absolute Gasteiger partial charge is 0.410 e. The van der Waals surface area contributed by atoms with Crippen LogP contribution in [0.2, 0.25) is 0 Å². The molecule has 122 valence electrons. The Morgan fingerprint density at radius 1 is 1.18 bits per heavy atom. The van der Waals surface area contributed by atoms with Crippen LogP contribution in [0.5, 0.6) is 0 Å². The largest absolute Gasteiger partial charge is 0.444 e. The zero-order valence-corrected chi connectivity index (χ0v) is 13.8. The molecule has 1 atom stereocenters. The molecule has 1 aromatic carbocycles. The zero-order chi connectivity index (χ0) is 16.2. The second kappa shape index (κ2) is 7.11. The highest BCUT2D eigenvalue weighted by atomic mass is 16.6. The topological polar surface area (TPSA) is 58.8 Å². The molecule has 1 aromatic rings. The number of nitrogens with two attached hydrogens (primary N) is 1. The minimum atomic E-state index is -0.441. The molecule has 2 N–H and O–H groups in total. The van der Waals surface area contributed by atoms with Crippen molar-refractivity contribution in [2.24, 2.45) is 5.73 Å². The summed E-state index contributed by atoms with van der Waals surface area (Å²) in [5.74, 6) is 0. The summed E-state index contributed by atoms with van der Waals surface area (Å²) in [6.45, 7) is 9.53. The summed E-state index contributed by atoms with van der Waals surface area (Å²) in [7, 11) is 0. The molecular weight excluding hydrogens is 278 g/mol. The molecule has 0 aliphatic carbocycles. The van der Waals surface area contributed by atoms with Gasteiger partial charge in [-0.25, -0.2) is 4.79 Å². The maximum Gasteiger partial charge on any atom is 0.410 e. The van der Waals surface area contributed by atoms with Gasteiger partial charge >= 0.3 is 6.09 Å². The van der Waals surface area contributed by atoms with E-state index in [2.05, 4.69) is 17.0 Å². The molecule has 5 heteroatoms. The molecule has 1 saturated heterocycles. The highest BCUT2D eigenvalue weighted by molar-refractivity contribution is 5.68. The van der Waals surface area contributed by atoms with Crippen LogP contribution < -0.4 is 5.73 Å². The van der Waals surface area contributed by atoms with Crippen LogP contribution in [-0.2, 0) is 4.74 Å². The number of hydrogen-bond donors (Lipinski definition) is 1. The van der Waals surface area contributed by atoms with Crippen molar-refractivity contribution in [2.45, 2.75) is 32.4 Å². The number of piperazine rings is 1. The van der Waals surface area contributed by atoms with Crippen LogP contribution in [0.4, 0.5) is 4.79 Å². The summed E-state index contributed by atoms with van der Waals surface area (Å²) in [5.41, 5.74) is 6.97. The lowest BCUT2D eigenvalue weighted by atomic mass is 10.1. The molecule has 0 spiro atoms. The maximum atomic E-state index is 12.0. The predicted molar refractivity (Wildman–Crippen MR) is 87.6 cm³/mol. The van der Waals surface area contributed by atoms with Gasteiger partial charge < -0.3 is 15.4 Å². The lowest BCUT2D eigenvalue weighted by Crippen LogP contribution is -2.51. The molecule has 0 aromatic heterocycles. The number of rotatable bonds is 3. The Hall–Kier alpha value is -1.59. The summed E-state index contributed by atoms with van der Waals surface area (Å²) >= 11 is 0. The molecule has 1 heterocycles. The molecule has 1 fully saturated rings. The van der Waals surface area contributed by atoms with Crippen molar-refractivity contribution < 1.29 is 9.53 Å². The molecule has 0 unspecified atom stereocenters. The highest BCUT2D eigenvalue weighted by Crippen LogP contribution is 2.15. The van der Waals surface area contributed by atoms with Crippen molar-refractivity contribution in [1.29, 1.82) is 0 Å². The Balaban J connectivity index is 1.79. The van der Waals surface area contributed by atoms with Crippen LogP contribution >= 0.6 is 0 Å². The molecule has 22 heavy (non-hydrogen) atoms. The number of amides is 1. The molecule has 0 bridgehead atoms. The Morgan fingerprint density at radius 2 is 1.77 bits per heavy atom. The van der Waals surface area contributed by atoms with E-state index in [9.17, 15) is 4.79 Å². The first-order chi connectivity index (χ1) is 10.3. The number of carbonyl (C=O) groups excluding carboxylic acids is 1. The van der Waals surface area contributed by atoms with Crippen molar-refractivity contribution in [3.8, 4) is 0 Å². The fraction of sp³-hybridized carbons (Fsp3) is 0.588. The summed E-state index contributed by atoms with van der Waals surface area (Å²) < 4.78 is 5.41. The average molecular weight is 305 g/mol. The maximum absolute atomic E-state index is 12.0. The molecule has 5 nitrogen and oxygen atoms in total. The lowest BCUT2D eigenvalue weighted by Gasteiger charge is -2.36. The average Bonchev–Trinajstić information content (AvgIpc) is 2.47. The molecule has 0 saturated carbocycles. The Labute approximate surface area is 133 Å². The van der Waals surface area contributed by atoms with Gasteiger partial charge in [0.05, 0.1) is 0 Å². The zero-order valence-electron chi connectivity index (χ0n) is 13.8. The van der Waals surface area contributed by atoms with Crippen LogP contribution in [0.15, 0.2) is 30.3 Å². The summed E-state index contributed by atoms with van der Waals surface area (Å²) in [6, 6.07) is 10.1. The third kappa shape index (κ3) is 5.00. The van der Waals surface area contributed by atoms with E-state index in [1.165, 1.54) is 0 Å². The lowest BCUT2D eigenvalue weighted by molar-refractivity contribution is 0.0141. The molecule has 1 aliphatic heterocycles. The molecular formula is C17H27N3O2. The highest BCUT2D eigenvalue weighted by Gasteiger charge is 2.26. The van der Waals surface area contributed by atoms with Gasteiger partial charge in [0.1, 0.15) is 5.60 Å². The van der Waals surface area contributed by atoms with Crippen molar-refractivity contribution in [1.82, 2.24) is 9.80 Å².